The van der Waals surface area contributed by atoms with E-state index in [1.54, 1.807) is 45.0 Å². The van der Waals surface area contributed by atoms with Gasteiger partial charge in [0.05, 0.1) is 0 Å². The molecule has 29 heavy (non-hydrogen) atoms. The minimum Gasteiger partial charge on any atom is -0.491 e. The van der Waals surface area contributed by atoms with E-state index in [0.29, 0.717) is 17.9 Å². The number of ether oxygens (including phenoxy) is 3. The molecular formula is C22H29NO6. The van der Waals surface area contributed by atoms with Crippen molar-refractivity contribution in [3.63, 3.8) is 0 Å². The first kappa shape index (κ1) is 22.5. The second-order valence-corrected chi connectivity index (χ2v) is 8.41. The number of carbonyl (C=O) groups excluding carboxylic acids is 3. The van der Waals surface area contributed by atoms with Gasteiger partial charge in [0, 0.05) is 13.0 Å². The van der Waals surface area contributed by atoms with Crippen LogP contribution >= 0.6 is 0 Å². The van der Waals surface area contributed by atoms with E-state index in [1.807, 2.05) is 13.8 Å². The van der Waals surface area contributed by atoms with Gasteiger partial charge in [-0.2, -0.15) is 0 Å². The topological polar surface area (TPSA) is 82.1 Å². The van der Waals surface area contributed by atoms with Crippen molar-refractivity contribution in [3.05, 3.63) is 41.7 Å². The summed E-state index contributed by atoms with van der Waals surface area (Å²) in [5.74, 6) is 0.308. The number of nitrogens with zero attached hydrogens (tertiary/aromatic N) is 1. The van der Waals surface area contributed by atoms with Gasteiger partial charge in [-0.3, -0.25) is 9.59 Å². The van der Waals surface area contributed by atoms with Crippen LogP contribution in [0.4, 0.5) is 4.79 Å². The maximum absolute atomic E-state index is 12.6. The minimum absolute atomic E-state index is 0.218. The average molecular weight is 403 g/mol. The predicted octanol–water partition coefficient (Wildman–Crippen LogP) is 4.20. The fraction of sp³-hybridized carbons (Fsp3) is 0.500. The van der Waals surface area contributed by atoms with Crippen LogP contribution < -0.4 is 4.74 Å². The molecule has 1 aromatic carbocycles. The summed E-state index contributed by atoms with van der Waals surface area (Å²) in [6, 6.07) is 6.40. The summed E-state index contributed by atoms with van der Waals surface area (Å²) in [5, 5.41) is 0. The maximum atomic E-state index is 12.6. The highest BCUT2D eigenvalue weighted by Crippen LogP contribution is 2.29. The zero-order chi connectivity index (χ0) is 21.8. The largest absolute Gasteiger partial charge is 0.491 e. The van der Waals surface area contributed by atoms with Crippen LogP contribution in [0, 0.1) is 5.92 Å². The third-order valence-electron chi connectivity index (χ3n) is 4.02. The zero-order valence-corrected chi connectivity index (χ0v) is 17.9. The molecule has 2 amide bonds. The Morgan fingerprint density at radius 1 is 1.14 bits per heavy atom. The highest BCUT2D eigenvalue weighted by atomic mass is 16.6. The van der Waals surface area contributed by atoms with Crippen molar-refractivity contribution >= 4 is 18.0 Å². The summed E-state index contributed by atoms with van der Waals surface area (Å²) in [6.45, 7) is 10.9. The fourth-order valence-electron chi connectivity index (χ4n) is 2.89. The van der Waals surface area contributed by atoms with Gasteiger partial charge < -0.3 is 14.2 Å². The Bertz CT molecular complexity index is 789. The molecule has 0 spiro atoms. The van der Waals surface area contributed by atoms with Crippen molar-refractivity contribution in [2.45, 2.75) is 66.2 Å². The highest BCUT2D eigenvalue weighted by molar-refractivity contribution is 6.02. The van der Waals surface area contributed by atoms with Crippen molar-refractivity contribution < 1.29 is 28.6 Å². The number of rotatable bonds is 6. The van der Waals surface area contributed by atoms with E-state index in [9.17, 15) is 14.4 Å². The molecule has 1 aromatic rings. The van der Waals surface area contributed by atoms with Crippen molar-refractivity contribution in [2.75, 3.05) is 0 Å². The molecule has 0 radical (unpaired) electrons. The fourth-order valence-corrected chi connectivity index (χ4v) is 2.89. The minimum atomic E-state index is -0.701. The van der Waals surface area contributed by atoms with Crippen LogP contribution in [0.25, 0.3) is 0 Å². The Kier molecular flexibility index (Phi) is 7.06. The molecule has 1 aliphatic heterocycles. The van der Waals surface area contributed by atoms with Crippen LogP contribution in [0.2, 0.25) is 0 Å². The SMILES string of the molecule is CC(=O)Oc1ccc(COC2=CC(=O)N(C(=O)OC(C)(C)C)[C@H]2CC(C)C)cc1. The van der Waals surface area contributed by atoms with E-state index in [-0.39, 0.29) is 18.5 Å². The Hall–Kier alpha value is -2.83. The molecular weight excluding hydrogens is 374 g/mol. The first-order valence-electron chi connectivity index (χ1n) is 9.64. The van der Waals surface area contributed by atoms with Crippen molar-refractivity contribution in [3.8, 4) is 5.75 Å². The maximum Gasteiger partial charge on any atom is 0.418 e. The van der Waals surface area contributed by atoms with Gasteiger partial charge in [0.2, 0.25) is 0 Å². The Morgan fingerprint density at radius 2 is 1.76 bits per heavy atom. The average Bonchev–Trinajstić information content (AvgIpc) is 2.87. The number of hydrogen-bond acceptors (Lipinski definition) is 6. The van der Waals surface area contributed by atoms with Crippen LogP contribution in [-0.4, -0.2) is 34.5 Å². The summed E-state index contributed by atoms with van der Waals surface area (Å²) < 4.78 is 16.3. The molecule has 0 aromatic heterocycles. The number of imide groups is 1. The lowest BCUT2D eigenvalue weighted by Gasteiger charge is -2.29. The first-order valence-corrected chi connectivity index (χ1v) is 9.64. The summed E-state index contributed by atoms with van der Waals surface area (Å²) >= 11 is 0. The molecule has 0 N–H and O–H groups in total. The van der Waals surface area contributed by atoms with Crippen LogP contribution in [0.3, 0.4) is 0 Å². The highest BCUT2D eigenvalue weighted by Gasteiger charge is 2.41. The number of carbonyl (C=O) groups is 3. The molecule has 7 nitrogen and oxygen atoms in total. The van der Waals surface area contributed by atoms with Crippen LogP contribution in [0.5, 0.6) is 5.75 Å². The lowest BCUT2D eigenvalue weighted by atomic mass is 10.0. The summed E-state index contributed by atoms with van der Waals surface area (Å²) in [4.78, 5) is 37.2. The molecule has 158 valence electrons. The summed E-state index contributed by atoms with van der Waals surface area (Å²) in [6.07, 6.45) is 1.25. The third kappa shape index (κ3) is 6.62. The molecule has 0 saturated carbocycles. The summed E-state index contributed by atoms with van der Waals surface area (Å²) in [7, 11) is 0. The standard InChI is InChI=1S/C22H29NO6/c1-14(2)11-18-19(12-20(25)23(18)21(26)29-22(4,5)6)27-13-16-7-9-17(10-8-16)28-15(3)24/h7-10,12,14,18H,11,13H2,1-6H3/t18-/m0/s1. The van der Waals surface area contributed by atoms with Crippen LogP contribution in [-0.2, 0) is 25.7 Å². The van der Waals surface area contributed by atoms with E-state index in [2.05, 4.69) is 0 Å². The second kappa shape index (κ2) is 9.11. The molecule has 0 bridgehead atoms. The molecule has 1 atom stereocenters. The van der Waals surface area contributed by atoms with Gasteiger partial charge >= 0.3 is 12.1 Å². The molecule has 7 heteroatoms. The predicted molar refractivity (Wildman–Crippen MR) is 107 cm³/mol. The van der Waals surface area contributed by atoms with Gasteiger partial charge in [-0.05, 0) is 50.8 Å². The molecule has 0 aliphatic carbocycles. The number of esters is 1. The number of hydrogen-bond donors (Lipinski definition) is 0. The van der Waals surface area contributed by atoms with Crippen LogP contribution in [0.15, 0.2) is 36.1 Å². The van der Waals surface area contributed by atoms with Crippen molar-refractivity contribution in [2.24, 2.45) is 5.92 Å². The lowest BCUT2D eigenvalue weighted by Crippen LogP contribution is -2.44. The molecule has 0 saturated heterocycles. The monoisotopic (exact) mass is 403 g/mol. The number of amides is 2. The third-order valence-corrected chi connectivity index (χ3v) is 4.02. The van der Waals surface area contributed by atoms with Crippen molar-refractivity contribution in [1.29, 1.82) is 0 Å². The number of benzene rings is 1. The molecule has 1 heterocycles. The van der Waals surface area contributed by atoms with E-state index in [4.69, 9.17) is 14.2 Å². The quantitative estimate of drug-likeness (QED) is 0.523. The van der Waals surface area contributed by atoms with E-state index in [0.717, 1.165) is 10.5 Å². The van der Waals surface area contributed by atoms with E-state index in [1.165, 1.54) is 13.0 Å². The molecule has 1 aliphatic rings. The van der Waals surface area contributed by atoms with Gasteiger partial charge in [0.1, 0.15) is 29.8 Å². The molecule has 0 unspecified atom stereocenters. The van der Waals surface area contributed by atoms with Gasteiger partial charge in [-0.1, -0.05) is 26.0 Å². The van der Waals surface area contributed by atoms with Crippen molar-refractivity contribution in [1.82, 2.24) is 4.90 Å². The van der Waals surface area contributed by atoms with Gasteiger partial charge in [-0.15, -0.1) is 0 Å². The lowest BCUT2D eigenvalue weighted by molar-refractivity contribution is -0.132. The smallest absolute Gasteiger partial charge is 0.418 e. The van der Waals surface area contributed by atoms with E-state index >= 15 is 0 Å². The second-order valence-electron chi connectivity index (χ2n) is 8.41. The van der Waals surface area contributed by atoms with Crippen LogP contribution in [0.1, 0.15) is 53.5 Å². The van der Waals surface area contributed by atoms with Gasteiger partial charge in [-0.25, -0.2) is 9.69 Å². The Balaban J connectivity index is 2.10. The van der Waals surface area contributed by atoms with E-state index < -0.39 is 23.6 Å². The van der Waals surface area contributed by atoms with Gasteiger partial charge in [0.15, 0.2) is 0 Å². The van der Waals surface area contributed by atoms with Gasteiger partial charge in [0.25, 0.3) is 5.91 Å². The molecule has 2 rings (SSSR count). The zero-order valence-electron chi connectivity index (χ0n) is 17.9. The first-order chi connectivity index (χ1) is 13.5. The normalized spacial score (nSPS) is 16.7. The Morgan fingerprint density at radius 3 is 2.28 bits per heavy atom. The Labute approximate surface area is 171 Å². The summed E-state index contributed by atoms with van der Waals surface area (Å²) in [5.41, 5.74) is 0.140. The molecule has 0 fully saturated rings.